The average Bonchev–Trinajstić information content (AvgIpc) is 2.80. The number of fused-ring (bicyclic) bond motifs is 1. The number of pyridine rings is 1. The van der Waals surface area contributed by atoms with Crippen LogP contribution in [0.4, 0.5) is 5.69 Å². The van der Waals surface area contributed by atoms with Crippen LogP contribution in [0.5, 0.6) is 0 Å². The van der Waals surface area contributed by atoms with Crippen molar-refractivity contribution >= 4 is 33.9 Å². The number of benzene rings is 3. The summed E-state index contributed by atoms with van der Waals surface area (Å²) in [5, 5.41) is 4.95. The first-order valence-electron chi connectivity index (χ1n) is 10.8. The summed E-state index contributed by atoms with van der Waals surface area (Å²) >= 11 is 5.78. The molecule has 0 fully saturated rings. The number of rotatable bonds is 6. The van der Waals surface area contributed by atoms with E-state index in [0.717, 1.165) is 34.1 Å². The van der Waals surface area contributed by atoms with Gasteiger partial charge in [0, 0.05) is 23.3 Å². The van der Waals surface area contributed by atoms with Gasteiger partial charge >= 0.3 is 0 Å². The Morgan fingerprint density at radius 2 is 1.69 bits per heavy atom. The van der Waals surface area contributed by atoms with Gasteiger partial charge in [0.15, 0.2) is 5.11 Å². The van der Waals surface area contributed by atoms with Gasteiger partial charge < -0.3 is 15.2 Å². The van der Waals surface area contributed by atoms with Gasteiger partial charge in [0.1, 0.15) is 0 Å². The molecule has 162 valence electrons. The van der Waals surface area contributed by atoms with Gasteiger partial charge in [0.25, 0.3) is 5.56 Å². The summed E-state index contributed by atoms with van der Waals surface area (Å²) in [5.41, 5.74) is 5.94. The van der Waals surface area contributed by atoms with Crippen LogP contribution in [-0.4, -0.2) is 15.0 Å². The molecule has 0 bridgehead atoms. The van der Waals surface area contributed by atoms with E-state index in [4.69, 9.17) is 12.2 Å². The zero-order chi connectivity index (χ0) is 22.5. The predicted molar refractivity (Wildman–Crippen MR) is 137 cm³/mol. The summed E-state index contributed by atoms with van der Waals surface area (Å²) in [4.78, 5) is 17.9. The molecule has 0 radical (unpaired) electrons. The molecular weight excluding hydrogens is 414 g/mol. The lowest BCUT2D eigenvalue weighted by Crippen LogP contribution is -2.35. The minimum absolute atomic E-state index is 0.0884. The third kappa shape index (κ3) is 5.24. The highest BCUT2D eigenvalue weighted by molar-refractivity contribution is 7.80. The number of nitrogens with one attached hydrogen (secondary N) is 2. The van der Waals surface area contributed by atoms with Crippen molar-refractivity contribution in [2.24, 2.45) is 0 Å². The first-order chi connectivity index (χ1) is 15.5. The zero-order valence-corrected chi connectivity index (χ0v) is 19.2. The van der Waals surface area contributed by atoms with Crippen LogP contribution in [0.25, 0.3) is 10.9 Å². The highest BCUT2D eigenvalue weighted by Crippen LogP contribution is 2.17. The van der Waals surface area contributed by atoms with E-state index in [9.17, 15) is 4.79 Å². The van der Waals surface area contributed by atoms with Crippen molar-refractivity contribution in [3.63, 3.8) is 0 Å². The summed E-state index contributed by atoms with van der Waals surface area (Å²) < 4.78 is 0. The normalized spacial score (nSPS) is 10.8. The fourth-order valence-electron chi connectivity index (χ4n) is 3.72. The predicted octanol–water partition coefficient (Wildman–Crippen LogP) is 5.80. The monoisotopic (exact) mass is 441 g/mol. The van der Waals surface area contributed by atoms with E-state index in [-0.39, 0.29) is 5.56 Å². The molecule has 0 amide bonds. The number of aryl methyl sites for hydroxylation is 2. The van der Waals surface area contributed by atoms with Crippen LogP contribution in [-0.2, 0) is 19.5 Å². The Labute approximate surface area is 193 Å². The molecule has 2 N–H and O–H groups in total. The van der Waals surface area contributed by atoms with Crippen LogP contribution in [0.15, 0.2) is 83.7 Å². The van der Waals surface area contributed by atoms with E-state index in [1.807, 2.05) is 53.4 Å². The fraction of sp³-hybridized carbons (Fsp3) is 0.185. The third-order valence-electron chi connectivity index (χ3n) is 5.55. The molecule has 4 rings (SSSR count). The average molecular weight is 442 g/mol. The first-order valence-corrected chi connectivity index (χ1v) is 11.2. The van der Waals surface area contributed by atoms with Gasteiger partial charge in [-0.25, -0.2) is 0 Å². The molecule has 0 unspecified atom stereocenters. The van der Waals surface area contributed by atoms with Crippen LogP contribution in [0.1, 0.15) is 29.2 Å². The second-order valence-electron chi connectivity index (χ2n) is 8.04. The summed E-state index contributed by atoms with van der Waals surface area (Å²) in [6.45, 7) is 5.20. The van der Waals surface area contributed by atoms with Crippen LogP contribution in [0, 0.1) is 6.92 Å². The van der Waals surface area contributed by atoms with Crippen molar-refractivity contribution in [2.45, 2.75) is 33.4 Å². The van der Waals surface area contributed by atoms with Crippen LogP contribution in [0.2, 0.25) is 0 Å². The van der Waals surface area contributed by atoms with Gasteiger partial charge in [-0.2, -0.15) is 0 Å². The number of nitrogens with zero attached hydrogens (tertiary/aromatic N) is 1. The van der Waals surface area contributed by atoms with Crippen molar-refractivity contribution in [2.75, 3.05) is 5.32 Å². The van der Waals surface area contributed by atoms with Gasteiger partial charge in [-0.3, -0.25) is 4.79 Å². The summed E-state index contributed by atoms with van der Waals surface area (Å²) in [6, 6.07) is 26.4. The maximum absolute atomic E-state index is 12.8. The molecule has 0 aliphatic rings. The maximum Gasteiger partial charge on any atom is 0.253 e. The number of hydrogen-bond donors (Lipinski definition) is 2. The number of hydrogen-bond acceptors (Lipinski definition) is 2. The molecule has 1 aromatic heterocycles. The summed E-state index contributed by atoms with van der Waals surface area (Å²) in [5.74, 6) is 0. The fourth-order valence-corrected chi connectivity index (χ4v) is 3.97. The lowest BCUT2D eigenvalue weighted by Gasteiger charge is -2.26. The van der Waals surface area contributed by atoms with Crippen molar-refractivity contribution in [3.05, 3.63) is 111 Å². The molecule has 0 spiro atoms. The van der Waals surface area contributed by atoms with Crippen molar-refractivity contribution in [3.8, 4) is 0 Å². The number of aromatic nitrogens is 1. The van der Waals surface area contributed by atoms with Crippen LogP contribution < -0.4 is 10.9 Å². The Morgan fingerprint density at radius 3 is 2.41 bits per heavy atom. The minimum Gasteiger partial charge on any atom is -0.340 e. The van der Waals surface area contributed by atoms with E-state index in [1.165, 1.54) is 5.56 Å². The highest BCUT2D eigenvalue weighted by atomic mass is 32.1. The van der Waals surface area contributed by atoms with Gasteiger partial charge in [0.2, 0.25) is 0 Å². The molecule has 0 aliphatic carbocycles. The SMILES string of the molecule is CCc1ccc(NC(=S)N(Cc2ccccc2)Cc2cc3cc(C)ccc3[nH]c2=O)cc1. The van der Waals surface area contributed by atoms with Gasteiger partial charge in [-0.1, -0.05) is 61.0 Å². The minimum atomic E-state index is -0.0884. The number of anilines is 1. The Hall–Kier alpha value is -3.44. The summed E-state index contributed by atoms with van der Waals surface area (Å²) in [7, 11) is 0. The molecule has 0 aliphatic heterocycles. The molecule has 1 heterocycles. The van der Waals surface area contributed by atoms with E-state index in [1.54, 1.807) is 0 Å². The Balaban J connectivity index is 1.62. The Bertz CT molecular complexity index is 1280. The lowest BCUT2D eigenvalue weighted by atomic mass is 10.1. The molecule has 4 nitrogen and oxygen atoms in total. The molecule has 32 heavy (non-hydrogen) atoms. The smallest absolute Gasteiger partial charge is 0.253 e. The van der Waals surface area contributed by atoms with Crippen LogP contribution in [0.3, 0.4) is 0 Å². The van der Waals surface area contributed by atoms with Crippen molar-refractivity contribution < 1.29 is 0 Å². The highest BCUT2D eigenvalue weighted by Gasteiger charge is 2.14. The Kier molecular flexibility index (Phi) is 6.66. The van der Waals surface area contributed by atoms with Gasteiger partial charge in [-0.05, 0) is 72.4 Å². The lowest BCUT2D eigenvalue weighted by molar-refractivity contribution is 0.411. The van der Waals surface area contributed by atoms with E-state index in [2.05, 4.69) is 54.5 Å². The molecule has 0 saturated heterocycles. The van der Waals surface area contributed by atoms with Crippen molar-refractivity contribution in [1.29, 1.82) is 0 Å². The zero-order valence-electron chi connectivity index (χ0n) is 18.4. The van der Waals surface area contributed by atoms with E-state index < -0.39 is 0 Å². The molecule has 5 heteroatoms. The number of aromatic amines is 1. The Morgan fingerprint density at radius 1 is 0.938 bits per heavy atom. The molecule has 0 atom stereocenters. The van der Waals surface area contributed by atoms with Gasteiger partial charge in [0.05, 0.1) is 6.54 Å². The maximum atomic E-state index is 12.8. The quantitative estimate of drug-likeness (QED) is 0.371. The topological polar surface area (TPSA) is 48.1 Å². The number of H-pyrrole nitrogens is 1. The third-order valence-corrected chi connectivity index (χ3v) is 5.92. The largest absolute Gasteiger partial charge is 0.340 e. The van der Waals surface area contributed by atoms with Crippen molar-refractivity contribution in [1.82, 2.24) is 9.88 Å². The summed E-state index contributed by atoms with van der Waals surface area (Å²) in [6.07, 6.45) is 0.995. The molecule has 0 saturated carbocycles. The number of thiocarbonyl (C=S) groups is 1. The molecular formula is C27H27N3OS. The molecule has 4 aromatic rings. The molecule has 3 aromatic carbocycles. The van der Waals surface area contributed by atoms with E-state index in [0.29, 0.717) is 23.8 Å². The second-order valence-corrected chi connectivity index (χ2v) is 8.42. The van der Waals surface area contributed by atoms with Crippen LogP contribution >= 0.6 is 12.2 Å². The van der Waals surface area contributed by atoms with Gasteiger partial charge in [-0.15, -0.1) is 0 Å². The van der Waals surface area contributed by atoms with E-state index >= 15 is 0 Å². The second kappa shape index (κ2) is 9.79. The first kappa shape index (κ1) is 21.8. The standard InChI is InChI=1S/C27H27N3OS/c1-3-20-10-12-24(13-11-20)28-27(32)30(17-21-7-5-4-6-8-21)18-23-16-22-15-19(2)9-14-25(22)29-26(23)31/h4-16H,3,17-18H2,1-2H3,(H,28,32)(H,29,31).